The molecule has 0 saturated heterocycles. The zero-order valence-corrected chi connectivity index (χ0v) is 9.26. The van der Waals surface area contributed by atoms with Gasteiger partial charge in [0.2, 0.25) is 0 Å². The highest BCUT2D eigenvalue weighted by Gasteiger charge is 1.92. The Labute approximate surface area is 83.4 Å². The molecule has 0 saturated carbocycles. The van der Waals surface area contributed by atoms with E-state index in [0.29, 0.717) is 6.04 Å². The first-order valence-electron chi connectivity index (χ1n) is 5.71. The van der Waals surface area contributed by atoms with Crippen LogP contribution in [0.5, 0.6) is 0 Å². The molecule has 0 aromatic rings. The Morgan fingerprint density at radius 1 is 1.08 bits per heavy atom. The van der Waals surface area contributed by atoms with Crippen LogP contribution in [-0.4, -0.2) is 6.04 Å². The van der Waals surface area contributed by atoms with E-state index in [0.717, 1.165) is 12.8 Å². The average Bonchev–Trinajstić information content (AvgIpc) is 2.16. The van der Waals surface area contributed by atoms with Crippen LogP contribution in [0.1, 0.15) is 58.8 Å². The zero-order valence-electron chi connectivity index (χ0n) is 9.26. The van der Waals surface area contributed by atoms with E-state index in [9.17, 15) is 0 Å². The molecule has 0 bridgehead atoms. The minimum absolute atomic E-state index is 0.367. The third-order valence-corrected chi connectivity index (χ3v) is 2.35. The second kappa shape index (κ2) is 9.79. The summed E-state index contributed by atoms with van der Waals surface area (Å²) in [6, 6.07) is 0.367. The van der Waals surface area contributed by atoms with E-state index in [1.165, 1.54) is 32.1 Å². The molecule has 1 atom stereocenters. The Morgan fingerprint density at radius 2 is 1.85 bits per heavy atom. The summed E-state index contributed by atoms with van der Waals surface area (Å²) in [4.78, 5) is 0. The van der Waals surface area contributed by atoms with Crippen molar-refractivity contribution in [3.63, 3.8) is 0 Å². The van der Waals surface area contributed by atoms with Crippen LogP contribution in [0, 0.1) is 0 Å². The normalized spacial score (nSPS) is 13.8. The Hall–Kier alpha value is -0.300. The molecule has 0 aliphatic heterocycles. The van der Waals surface area contributed by atoms with Gasteiger partial charge in [-0.3, -0.25) is 0 Å². The summed E-state index contributed by atoms with van der Waals surface area (Å²) in [5.74, 6) is 0. The standard InChI is InChI=1S/C12H25N/c1-3-5-6-7-8-9-10-11-12(13)4-2/h9-10,12H,3-8,11,13H2,1-2H3/b10-9+. The minimum atomic E-state index is 0.367. The summed E-state index contributed by atoms with van der Waals surface area (Å²) >= 11 is 0. The number of rotatable bonds is 8. The molecule has 1 heteroatoms. The van der Waals surface area contributed by atoms with E-state index in [1.807, 2.05) is 0 Å². The SMILES string of the molecule is CCCCCC/C=C/CC(N)CC. The van der Waals surface area contributed by atoms with E-state index >= 15 is 0 Å². The Bertz CT molecular complexity index is 118. The largest absolute Gasteiger partial charge is 0.327 e. The van der Waals surface area contributed by atoms with Crippen molar-refractivity contribution in [1.29, 1.82) is 0 Å². The monoisotopic (exact) mass is 183 g/mol. The number of unbranched alkanes of at least 4 members (excludes halogenated alkanes) is 4. The summed E-state index contributed by atoms with van der Waals surface area (Å²) in [7, 11) is 0. The van der Waals surface area contributed by atoms with Crippen molar-refractivity contribution in [1.82, 2.24) is 0 Å². The van der Waals surface area contributed by atoms with Gasteiger partial charge in [0.1, 0.15) is 0 Å². The topological polar surface area (TPSA) is 26.0 Å². The fraction of sp³-hybridized carbons (Fsp3) is 0.833. The molecule has 0 amide bonds. The van der Waals surface area contributed by atoms with Gasteiger partial charge in [-0.2, -0.15) is 0 Å². The van der Waals surface area contributed by atoms with Crippen molar-refractivity contribution in [3.05, 3.63) is 12.2 Å². The zero-order chi connectivity index (χ0) is 9.94. The maximum absolute atomic E-state index is 5.78. The average molecular weight is 183 g/mol. The summed E-state index contributed by atoms with van der Waals surface area (Å²) in [6.45, 7) is 4.38. The molecule has 13 heavy (non-hydrogen) atoms. The van der Waals surface area contributed by atoms with Gasteiger partial charge in [-0.05, 0) is 25.7 Å². The first-order valence-corrected chi connectivity index (χ1v) is 5.71. The lowest BCUT2D eigenvalue weighted by atomic mass is 10.1. The van der Waals surface area contributed by atoms with Crippen molar-refractivity contribution in [3.8, 4) is 0 Å². The van der Waals surface area contributed by atoms with E-state index in [1.54, 1.807) is 0 Å². The molecule has 0 aromatic heterocycles. The van der Waals surface area contributed by atoms with Gasteiger partial charge in [0.15, 0.2) is 0 Å². The minimum Gasteiger partial charge on any atom is -0.327 e. The Kier molecular flexibility index (Phi) is 9.56. The van der Waals surface area contributed by atoms with Gasteiger partial charge in [-0.1, -0.05) is 45.3 Å². The van der Waals surface area contributed by atoms with E-state index in [4.69, 9.17) is 5.73 Å². The van der Waals surface area contributed by atoms with Crippen molar-refractivity contribution in [2.75, 3.05) is 0 Å². The molecular weight excluding hydrogens is 158 g/mol. The third-order valence-electron chi connectivity index (χ3n) is 2.35. The van der Waals surface area contributed by atoms with Gasteiger partial charge in [-0.15, -0.1) is 0 Å². The predicted molar refractivity (Wildman–Crippen MR) is 60.8 cm³/mol. The highest BCUT2D eigenvalue weighted by Crippen LogP contribution is 2.03. The molecule has 1 unspecified atom stereocenters. The van der Waals surface area contributed by atoms with Crippen LogP contribution < -0.4 is 5.73 Å². The second-order valence-corrected chi connectivity index (χ2v) is 3.72. The highest BCUT2D eigenvalue weighted by molar-refractivity contribution is 4.84. The molecule has 0 heterocycles. The fourth-order valence-electron chi connectivity index (χ4n) is 1.24. The van der Waals surface area contributed by atoms with Crippen LogP contribution in [0.4, 0.5) is 0 Å². The summed E-state index contributed by atoms with van der Waals surface area (Å²) in [6.07, 6.45) is 13.3. The maximum Gasteiger partial charge on any atom is 0.00707 e. The first-order chi connectivity index (χ1) is 6.31. The molecule has 0 aliphatic rings. The van der Waals surface area contributed by atoms with Crippen molar-refractivity contribution < 1.29 is 0 Å². The van der Waals surface area contributed by atoms with Gasteiger partial charge in [-0.25, -0.2) is 0 Å². The number of hydrogen-bond donors (Lipinski definition) is 1. The molecule has 78 valence electrons. The van der Waals surface area contributed by atoms with E-state index in [2.05, 4.69) is 26.0 Å². The lowest BCUT2D eigenvalue weighted by Gasteiger charge is -2.02. The quantitative estimate of drug-likeness (QED) is 0.451. The van der Waals surface area contributed by atoms with E-state index in [-0.39, 0.29) is 0 Å². The van der Waals surface area contributed by atoms with Crippen LogP contribution >= 0.6 is 0 Å². The van der Waals surface area contributed by atoms with Crippen LogP contribution in [0.3, 0.4) is 0 Å². The van der Waals surface area contributed by atoms with Crippen molar-refractivity contribution in [2.45, 2.75) is 64.8 Å². The Balaban J connectivity index is 3.12. The van der Waals surface area contributed by atoms with Gasteiger partial charge in [0, 0.05) is 6.04 Å². The molecule has 1 nitrogen and oxygen atoms in total. The lowest BCUT2D eigenvalue weighted by Crippen LogP contribution is -2.16. The number of allylic oxidation sites excluding steroid dienone is 1. The van der Waals surface area contributed by atoms with Crippen LogP contribution in [-0.2, 0) is 0 Å². The van der Waals surface area contributed by atoms with Gasteiger partial charge in [0.25, 0.3) is 0 Å². The van der Waals surface area contributed by atoms with Gasteiger partial charge >= 0.3 is 0 Å². The van der Waals surface area contributed by atoms with Crippen LogP contribution in [0.2, 0.25) is 0 Å². The molecule has 2 N–H and O–H groups in total. The molecule has 0 aliphatic carbocycles. The van der Waals surface area contributed by atoms with Crippen LogP contribution in [0.25, 0.3) is 0 Å². The molecular formula is C12H25N. The van der Waals surface area contributed by atoms with Gasteiger partial charge < -0.3 is 5.73 Å². The highest BCUT2D eigenvalue weighted by atomic mass is 14.6. The number of nitrogens with two attached hydrogens (primary N) is 1. The summed E-state index contributed by atoms with van der Waals surface area (Å²) in [5, 5.41) is 0. The molecule has 0 rings (SSSR count). The lowest BCUT2D eigenvalue weighted by molar-refractivity contribution is 0.652. The van der Waals surface area contributed by atoms with Crippen LogP contribution in [0.15, 0.2) is 12.2 Å². The molecule has 0 spiro atoms. The maximum atomic E-state index is 5.78. The van der Waals surface area contributed by atoms with E-state index < -0.39 is 0 Å². The Morgan fingerprint density at radius 3 is 2.46 bits per heavy atom. The summed E-state index contributed by atoms with van der Waals surface area (Å²) in [5.41, 5.74) is 5.78. The second-order valence-electron chi connectivity index (χ2n) is 3.72. The molecule has 0 fully saturated rings. The summed E-state index contributed by atoms with van der Waals surface area (Å²) < 4.78 is 0. The van der Waals surface area contributed by atoms with Gasteiger partial charge in [0.05, 0.1) is 0 Å². The molecule has 0 aromatic carbocycles. The van der Waals surface area contributed by atoms with Crippen molar-refractivity contribution >= 4 is 0 Å². The third kappa shape index (κ3) is 9.62. The molecule has 0 radical (unpaired) electrons. The smallest absolute Gasteiger partial charge is 0.00707 e. The first kappa shape index (κ1) is 12.7. The predicted octanol–water partition coefficient (Wildman–Crippen LogP) is 3.64. The fourth-order valence-corrected chi connectivity index (χ4v) is 1.24. The van der Waals surface area contributed by atoms with Crippen molar-refractivity contribution in [2.24, 2.45) is 5.73 Å². The number of hydrogen-bond acceptors (Lipinski definition) is 1.